The minimum atomic E-state index is -1.69. The van der Waals surface area contributed by atoms with Crippen molar-refractivity contribution in [2.45, 2.75) is 247 Å². The zero-order valence-corrected chi connectivity index (χ0v) is 77.6. The molecule has 0 rings (SSSR count). The van der Waals surface area contributed by atoms with Crippen molar-refractivity contribution in [1.82, 2.24) is 0 Å². The fraction of sp³-hybridized carbons (Fsp3) is 0.800. The van der Waals surface area contributed by atoms with Gasteiger partial charge < -0.3 is 68.4 Å². The molecule has 0 aliphatic heterocycles. The fourth-order valence-electron chi connectivity index (χ4n) is 8.03. The van der Waals surface area contributed by atoms with Gasteiger partial charge in [-0.1, -0.05) is 31.9 Å². The molecule has 0 bridgehead atoms. The van der Waals surface area contributed by atoms with Gasteiger partial charge in [0.05, 0.1) is 33.0 Å². The number of esters is 3. The molecule has 0 spiro atoms. The average molecular weight is 1530 g/mol. The van der Waals surface area contributed by atoms with Crippen LogP contribution in [0.4, 0.5) is 0 Å². The van der Waals surface area contributed by atoms with Gasteiger partial charge in [0.1, 0.15) is 19.8 Å². The molecular formula is C65H150O18Si11. The summed E-state index contributed by atoms with van der Waals surface area (Å²) >= 11 is 0. The van der Waals surface area contributed by atoms with Gasteiger partial charge in [-0.3, -0.25) is 0 Å². The molecule has 0 aromatic rings. The van der Waals surface area contributed by atoms with Crippen LogP contribution in [0.15, 0.2) is 61.8 Å². The molecule has 0 heterocycles. The van der Waals surface area contributed by atoms with E-state index in [2.05, 4.69) is 197 Å². The van der Waals surface area contributed by atoms with E-state index in [4.69, 9.17) is 68.4 Å². The summed E-state index contributed by atoms with van der Waals surface area (Å²) < 4.78 is 72.7. The van der Waals surface area contributed by atoms with Gasteiger partial charge in [0.2, 0.25) is 0 Å². The zero-order valence-electron chi connectivity index (χ0n) is 66.1. The molecule has 562 valence electrons. The summed E-state index contributed by atoms with van der Waals surface area (Å²) in [5.41, 5.74) is 1.22. The summed E-state index contributed by atoms with van der Waals surface area (Å²) in [7, 11) is -13.2. The van der Waals surface area contributed by atoms with Gasteiger partial charge >= 0.3 is 17.9 Å². The lowest BCUT2D eigenvalue weighted by molar-refractivity contribution is -0.141. The fourth-order valence-corrected chi connectivity index (χ4v) is 38.7. The summed E-state index contributed by atoms with van der Waals surface area (Å²) in [6.07, 6.45) is 8.47. The van der Waals surface area contributed by atoms with Crippen LogP contribution in [0, 0.1) is 0 Å². The Morgan fingerprint density at radius 3 is 0.883 bits per heavy atom. The lowest BCUT2D eigenvalue weighted by Crippen LogP contribution is -2.44. The van der Waals surface area contributed by atoms with E-state index in [0.29, 0.717) is 63.0 Å². The molecule has 0 aromatic heterocycles. The first-order valence-corrected chi connectivity index (χ1v) is 68.1. The minimum absolute atomic E-state index is 0.242. The van der Waals surface area contributed by atoms with Crippen LogP contribution in [0.3, 0.4) is 0 Å². The molecule has 0 unspecified atom stereocenters. The Kier molecular flexibility index (Phi) is 68.8. The summed E-state index contributed by atoms with van der Waals surface area (Å²) in [6.45, 7) is 85.1. The largest absolute Gasteiger partial charge is 0.461 e. The Labute approximate surface area is 592 Å². The van der Waals surface area contributed by atoms with Crippen LogP contribution in [0.1, 0.15) is 52.9 Å². The molecule has 0 saturated carbocycles. The first-order valence-electron chi connectivity index (χ1n) is 34.0. The van der Waals surface area contributed by atoms with E-state index < -0.39 is 93.7 Å². The topological polar surface area (TPSA) is 212 Å². The third-order valence-electron chi connectivity index (χ3n) is 11.5. The van der Waals surface area contributed by atoms with Crippen LogP contribution < -0.4 is 0 Å². The molecule has 0 radical (unpaired) electrons. The molecule has 0 atom stereocenters. The van der Waals surface area contributed by atoms with Crippen LogP contribution in [-0.4, -0.2) is 215 Å². The molecule has 0 fully saturated rings. The van der Waals surface area contributed by atoms with Crippen LogP contribution in [-0.2, 0) is 72.5 Å². The van der Waals surface area contributed by atoms with Crippen molar-refractivity contribution in [2.75, 3.05) is 93.0 Å². The second kappa shape index (κ2) is 60.7. The number of ether oxygens (including phenoxy) is 6. The van der Waals surface area contributed by atoms with Gasteiger partial charge in [-0.05, 0) is 247 Å². The Morgan fingerprint density at radius 2 is 0.649 bits per heavy atom. The first kappa shape index (κ1) is 106. The number of hydrogen-bond donors (Lipinski definition) is 2. The molecule has 94 heavy (non-hydrogen) atoms. The molecule has 0 amide bonds. The smallest absolute Gasteiger partial charge is 0.333 e. The van der Waals surface area contributed by atoms with Gasteiger partial charge in [-0.2, -0.15) is 0 Å². The predicted molar refractivity (Wildman–Crippen MR) is 429 cm³/mol. The Hall–Kier alpha value is -0.984. The second-order valence-electron chi connectivity index (χ2n) is 29.6. The molecule has 29 heteroatoms. The quantitative estimate of drug-likeness (QED) is 0.0145. The minimum Gasteiger partial charge on any atom is -0.461 e. The van der Waals surface area contributed by atoms with Crippen molar-refractivity contribution in [3.8, 4) is 0 Å². The van der Waals surface area contributed by atoms with E-state index in [-0.39, 0.29) is 44.3 Å². The van der Waals surface area contributed by atoms with E-state index >= 15 is 0 Å². The highest BCUT2D eigenvalue weighted by Gasteiger charge is 2.34. The summed E-state index contributed by atoms with van der Waals surface area (Å²) in [5.74, 6) is -1.11. The lowest BCUT2D eigenvalue weighted by atomic mass is 10.4. The van der Waals surface area contributed by atoms with E-state index in [1.165, 1.54) is 12.5 Å². The summed E-state index contributed by atoms with van der Waals surface area (Å²) in [5, 5.41) is 16.0. The van der Waals surface area contributed by atoms with Crippen molar-refractivity contribution < 1.29 is 82.8 Å². The van der Waals surface area contributed by atoms with Crippen LogP contribution in [0.25, 0.3) is 0 Å². The average Bonchev–Trinajstić information content (AvgIpc) is 0.954. The predicted octanol–water partition coefficient (Wildman–Crippen LogP) is 15.8. The third-order valence-corrected chi connectivity index (χ3v) is 40.1. The van der Waals surface area contributed by atoms with Gasteiger partial charge in [0, 0.05) is 56.9 Å². The van der Waals surface area contributed by atoms with Crippen molar-refractivity contribution in [3.05, 3.63) is 61.8 Å². The standard InChI is InChI=1S/C19H42O5Si3.C16H34O5Si2.C10H28O2Si3.C9H14O3.C6H14OSi.C4H14OSi2.CH4O/c1-18(2)19(20)22-15-14-21-12-10-16-26(6,7)24-27(8,9)17-11-13-23-25(3,4)5;1-15(2)16(18)20-12-11-19-10-8-14-23(5,6)21-22(3,4)13-7-9-17;1-13(2)12-15(6,7)10-8-9-11-14(3,4)5;1-4-5-11-6-7-12-9(10)8(2)3;1-5-6-7-8(2,3)4;1-6(2)5-7(3)4;1-2/h1,10-17H2,2-9H3;17H,1,7-14H2,2-6H3;13H,8-10H2,1-7H3;4H,1-2,5-7H2,3H3;5H,1,6H2,2-4H3;6-7H,1-4H3;2H,1H3. The molecular weight excluding hydrogens is 1380 g/mol. The summed E-state index contributed by atoms with van der Waals surface area (Å²) in [6, 6.07) is 5.53. The van der Waals surface area contributed by atoms with Crippen LogP contribution in [0.2, 0.25) is 194 Å². The van der Waals surface area contributed by atoms with E-state index in [1.807, 2.05) is 0 Å². The van der Waals surface area contributed by atoms with Crippen molar-refractivity contribution in [1.29, 1.82) is 0 Å². The summed E-state index contributed by atoms with van der Waals surface area (Å²) in [4.78, 5) is 33.2. The zero-order chi connectivity index (χ0) is 75.1. The Balaban J connectivity index is -0.000000204. The molecule has 0 aliphatic rings. The maximum atomic E-state index is 11.2. The lowest BCUT2D eigenvalue weighted by Gasteiger charge is -2.34. The number of rotatable bonds is 46. The Morgan fingerprint density at radius 1 is 0.372 bits per heavy atom. The van der Waals surface area contributed by atoms with Gasteiger partial charge in [0.15, 0.2) is 93.7 Å². The molecule has 0 aromatic carbocycles. The van der Waals surface area contributed by atoms with E-state index in [1.54, 1.807) is 32.9 Å². The molecule has 0 aliphatic carbocycles. The van der Waals surface area contributed by atoms with Crippen LogP contribution in [0.5, 0.6) is 0 Å². The highest BCUT2D eigenvalue weighted by Crippen LogP contribution is 2.26. The van der Waals surface area contributed by atoms with Gasteiger partial charge in [0.25, 0.3) is 0 Å². The highest BCUT2D eigenvalue weighted by atomic mass is 28.4. The van der Waals surface area contributed by atoms with Crippen molar-refractivity contribution in [3.63, 3.8) is 0 Å². The van der Waals surface area contributed by atoms with Crippen molar-refractivity contribution in [2.24, 2.45) is 0 Å². The second-order valence-corrected chi connectivity index (χ2v) is 73.2. The molecule has 2 N–H and O–H groups in total. The van der Waals surface area contributed by atoms with Crippen molar-refractivity contribution >= 4 is 112 Å². The maximum absolute atomic E-state index is 11.2. The SMILES string of the molecule is C=C(C)C(=O)OCCOCCC[Si](C)(C)O[Si](C)(C)CCCO.C=C(C)C(=O)OCCOCCC[Si](C)(C)O[Si](C)(C)CCCO[Si](C)(C)C.C=CCOCCOC(=O)C(=C)C.C=CCO[Si](C)(C)C.CO.C[SiH](C)O[SiH](C)C.C[SiH](C)O[Si](C)(C)CCCO[Si](C)(C)C. The third kappa shape index (κ3) is 93.1. The highest BCUT2D eigenvalue weighted by molar-refractivity contribution is 6.85. The Bertz CT molecular complexity index is 1930. The normalized spacial score (nSPS) is 11.9. The number of hydrogen-bond acceptors (Lipinski definition) is 18. The number of aliphatic hydroxyl groups is 2. The van der Waals surface area contributed by atoms with Gasteiger partial charge in [-0.15, -0.1) is 13.2 Å². The monoisotopic (exact) mass is 1530 g/mol. The van der Waals surface area contributed by atoms with Crippen LogP contribution >= 0.6 is 0 Å². The number of carbonyl (C=O) groups excluding carboxylic acids is 3. The van der Waals surface area contributed by atoms with Gasteiger partial charge in [-0.25, -0.2) is 14.4 Å². The number of carbonyl (C=O) groups is 3. The molecule has 0 saturated heterocycles. The first-order chi connectivity index (χ1) is 42.8. The van der Waals surface area contributed by atoms with E-state index in [0.717, 1.165) is 70.2 Å². The number of aliphatic hydroxyl groups excluding tert-OH is 2. The molecule has 18 nitrogen and oxygen atoms in total. The van der Waals surface area contributed by atoms with E-state index in [9.17, 15) is 14.4 Å². The maximum Gasteiger partial charge on any atom is 0.333 e.